The molecule has 3 aromatic rings. The van der Waals surface area contributed by atoms with Crippen LogP contribution < -0.4 is 4.74 Å². The minimum atomic E-state index is -0.942. The predicted octanol–water partition coefficient (Wildman–Crippen LogP) is 6.47. The zero-order valence-corrected chi connectivity index (χ0v) is 21.1. The van der Waals surface area contributed by atoms with E-state index in [0.717, 1.165) is 74.0 Å². The number of carboxylic acids is 1. The predicted molar refractivity (Wildman–Crippen MR) is 141 cm³/mol. The highest BCUT2D eigenvalue weighted by Gasteiger charge is 2.30. The van der Waals surface area contributed by atoms with Crippen LogP contribution in [0.15, 0.2) is 60.8 Å². The third-order valence-corrected chi connectivity index (χ3v) is 7.57. The van der Waals surface area contributed by atoms with Crippen LogP contribution in [-0.4, -0.2) is 47.7 Å². The molecule has 2 aromatic carbocycles. The average Bonchev–Trinajstić information content (AvgIpc) is 2.89. The van der Waals surface area contributed by atoms with Gasteiger partial charge in [0.25, 0.3) is 0 Å². The normalized spacial score (nSPS) is 19.3. The number of likely N-dealkylation sites (tertiary alicyclic amines) is 1. The van der Waals surface area contributed by atoms with Crippen molar-refractivity contribution in [1.29, 1.82) is 0 Å². The number of halogens is 1. The van der Waals surface area contributed by atoms with Crippen LogP contribution >= 0.6 is 0 Å². The van der Waals surface area contributed by atoms with Gasteiger partial charge in [0, 0.05) is 24.5 Å². The second-order valence-electron chi connectivity index (χ2n) is 9.97. The summed E-state index contributed by atoms with van der Waals surface area (Å²) in [7, 11) is 1.67. The molecule has 0 aliphatic carbocycles. The molecule has 1 aliphatic rings. The molecule has 36 heavy (non-hydrogen) atoms. The molecule has 5 nitrogen and oxygen atoms in total. The number of hydrogen-bond donors (Lipinski definition) is 1. The van der Waals surface area contributed by atoms with Gasteiger partial charge < -0.3 is 14.7 Å². The van der Waals surface area contributed by atoms with E-state index in [0.29, 0.717) is 12.3 Å². The number of benzene rings is 2. The summed E-state index contributed by atoms with van der Waals surface area (Å²) in [5.74, 6) is 0.638. The van der Waals surface area contributed by atoms with E-state index >= 15 is 0 Å². The lowest BCUT2D eigenvalue weighted by atomic mass is 9.79. The minimum Gasteiger partial charge on any atom is -0.497 e. The highest BCUT2D eigenvalue weighted by molar-refractivity contribution is 5.83. The standard InChI is InChI=1S/C30H37FN2O3/c1-36-26-12-13-29-27(20-26)23(14-16-32-29)10-5-9-22-15-18-33(21-25(22)19-30(34)35)17-6-11-28(31)24-7-3-2-4-8-24/h2-4,7-8,12-14,16,20,22,25,28H,5-6,9-11,15,17-19,21H2,1H3,(H,34,35)/t22-,25+,28?/m1/s1. The Morgan fingerprint density at radius 2 is 2.00 bits per heavy atom. The van der Waals surface area contributed by atoms with Gasteiger partial charge in [-0.25, -0.2) is 4.39 Å². The van der Waals surface area contributed by atoms with Crippen LogP contribution in [0, 0.1) is 11.8 Å². The summed E-state index contributed by atoms with van der Waals surface area (Å²) in [6.07, 6.45) is 6.35. The summed E-state index contributed by atoms with van der Waals surface area (Å²) in [6, 6.07) is 17.4. The molecule has 3 atom stereocenters. The number of aryl methyl sites for hydroxylation is 1. The van der Waals surface area contributed by atoms with Crippen LogP contribution in [0.5, 0.6) is 5.75 Å². The van der Waals surface area contributed by atoms with Gasteiger partial charge >= 0.3 is 5.97 Å². The number of hydrogen-bond acceptors (Lipinski definition) is 4. The van der Waals surface area contributed by atoms with Gasteiger partial charge in [0.05, 0.1) is 12.6 Å². The molecular weight excluding hydrogens is 455 g/mol. The fraction of sp³-hybridized carbons (Fsp3) is 0.467. The van der Waals surface area contributed by atoms with Gasteiger partial charge in [-0.3, -0.25) is 9.78 Å². The summed E-state index contributed by atoms with van der Waals surface area (Å²) < 4.78 is 19.9. The van der Waals surface area contributed by atoms with E-state index in [4.69, 9.17) is 4.74 Å². The van der Waals surface area contributed by atoms with Gasteiger partial charge in [-0.1, -0.05) is 30.3 Å². The van der Waals surface area contributed by atoms with E-state index in [1.54, 1.807) is 7.11 Å². The first-order valence-electron chi connectivity index (χ1n) is 13.1. The molecule has 0 radical (unpaired) electrons. The van der Waals surface area contributed by atoms with Crippen LogP contribution in [0.2, 0.25) is 0 Å². The summed E-state index contributed by atoms with van der Waals surface area (Å²) in [5.41, 5.74) is 2.96. The Balaban J connectivity index is 1.29. The van der Waals surface area contributed by atoms with E-state index in [2.05, 4.69) is 16.0 Å². The summed E-state index contributed by atoms with van der Waals surface area (Å²) in [6.45, 7) is 2.56. The van der Waals surface area contributed by atoms with Crippen molar-refractivity contribution < 1.29 is 19.0 Å². The molecule has 1 unspecified atom stereocenters. The summed E-state index contributed by atoms with van der Waals surface area (Å²) in [4.78, 5) is 18.4. The van der Waals surface area contributed by atoms with Crippen LogP contribution in [0.1, 0.15) is 55.8 Å². The minimum absolute atomic E-state index is 0.140. The first-order chi connectivity index (χ1) is 17.5. The van der Waals surface area contributed by atoms with Gasteiger partial charge in [-0.2, -0.15) is 0 Å². The quantitative estimate of drug-likeness (QED) is 0.314. The topological polar surface area (TPSA) is 62.7 Å². The van der Waals surface area contributed by atoms with Crippen molar-refractivity contribution in [3.63, 3.8) is 0 Å². The lowest BCUT2D eigenvalue weighted by Crippen LogP contribution is -2.41. The number of pyridine rings is 1. The zero-order chi connectivity index (χ0) is 25.3. The molecule has 0 amide bonds. The van der Waals surface area contributed by atoms with E-state index in [1.165, 1.54) is 5.56 Å². The number of methoxy groups -OCH3 is 1. The maximum atomic E-state index is 14.5. The molecule has 192 valence electrons. The molecule has 2 heterocycles. The van der Waals surface area contributed by atoms with Crippen molar-refractivity contribution in [2.45, 2.75) is 51.1 Å². The van der Waals surface area contributed by atoms with Gasteiger partial charge in [0.1, 0.15) is 11.9 Å². The van der Waals surface area contributed by atoms with Gasteiger partial charge in [-0.15, -0.1) is 0 Å². The van der Waals surface area contributed by atoms with E-state index in [9.17, 15) is 14.3 Å². The van der Waals surface area contributed by atoms with Crippen molar-refractivity contribution in [1.82, 2.24) is 9.88 Å². The summed E-state index contributed by atoms with van der Waals surface area (Å²) in [5, 5.41) is 10.6. The number of piperidine rings is 1. The molecule has 1 fully saturated rings. The zero-order valence-electron chi connectivity index (χ0n) is 21.1. The Labute approximate surface area is 213 Å². The van der Waals surface area contributed by atoms with Crippen molar-refractivity contribution in [2.75, 3.05) is 26.7 Å². The van der Waals surface area contributed by atoms with Crippen LogP contribution in [-0.2, 0) is 11.2 Å². The average molecular weight is 493 g/mol. The Bertz CT molecular complexity index is 1120. The van der Waals surface area contributed by atoms with Crippen molar-refractivity contribution in [3.05, 3.63) is 71.9 Å². The Hall–Kier alpha value is -2.99. The maximum Gasteiger partial charge on any atom is 0.303 e. The van der Waals surface area contributed by atoms with Gasteiger partial charge in [0.2, 0.25) is 0 Å². The van der Waals surface area contributed by atoms with E-state index < -0.39 is 12.1 Å². The number of carbonyl (C=O) groups is 1. The fourth-order valence-electron chi connectivity index (χ4n) is 5.60. The second kappa shape index (κ2) is 12.8. The smallest absolute Gasteiger partial charge is 0.303 e. The number of aliphatic carboxylic acids is 1. The van der Waals surface area contributed by atoms with Crippen molar-refractivity contribution in [2.24, 2.45) is 11.8 Å². The number of ether oxygens (including phenoxy) is 1. The molecule has 0 spiro atoms. The molecule has 0 bridgehead atoms. The summed E-state index contributed by atoms with van der Waals surface area (Å²) >= 11 is 0. The lowest BCUT2D eigenvalue weighted by Gasteiger charge is -2.38. The number of rotatable bonds is 12. The maximum absolute atomic E-state index is 14.5. The largest absolute Gasteiger partial charge is 0.497 e. The molecule has 0 saturated carbocycles. The SMILES string of the molecule is COc1ccc2nccc(CCC[C@@H]3CCN(CCCC(F)c4ccccc4)C[C@@H]3CC(=O)O)c2c1. The Morgan fingerprint density at radius 3 is 2.78 bits per heavy atom. The number of nitrogens with zero attached hydrogens (tertiary/aromatic N) is 2. The third kappa shape index (κ3) is 7.03. The second-order valence-corrected chi connectivity index (χ2v) is 9.97. The van der Waals surface area contributed by atoms with Crippen LogP contribution in [0.3, 0.4) is 0 Å². The van der Waals surface area contributed by atoms with E-state index in [1.807, 2.05) is 54.7 Å². The number of alkyl halides is 1. The number of aromatic nitrogens is 1. The third-order valence-electron chi connectivity index (χ3n) is 7.57. The van der Waals surface area contributed by atoms with E-state index in [-0.39, 0.29) is 12.3 Å². The highest BCUT2D eigenvalue weighted by atomic mass is 19.1. The Morgan fingerprint density at radius 1 is 1.17 bits per heavy atom. The highest BCUT2D eigenvalue weighted by Crippen LogP contribution is 2.32. The van der Waals surface area contributed by atoms with Crippen molar-refractivity contribution >= 4 is 16.9 Å². The molecule has 1 N–H and O–H groups in total. The first kappa shape index (κ1) is 26.1. The van der Waals surface area contributed by atoms with Crippen molar-refractivity contribution in [3.8, 4) is 5.75 Å². The lowest BCUT2D eigenvalue weighted by molar-refractivity contribution is -0.139. The van der Waals surface area contributed by atoms with Gasteiger partial charge in [0.15, 0.2) is 0 Å². The monoisotopic (exact) mass is 492 g/mol. The van der Waals surface area contributed by atoms with Crippen LogP contribution in [0.25, 0.3) is 10.9 Å². The molecule has 1 saturated heterocycles. The molecule has 4 rings (SSSR count). The Kier molecular flexibility index (Phi) is 9.29. The molecular formula is C30H37FN2O3. The number of fused-ring (bicyclic) bond motifs is 1. The van der Waals surface area contributed by atoms with Gasteiger partial charge in [-0.05, 0) is 98.8 Å². The molecule has 6 heteroatoms. The number of carboxylic acid groups (broad SMARTS) is 1. The first-order valence-corrected chi connectivity index (χ1v) is 13.1. The van der Waals surface area contributed by atoms with Crippen LogP contribution in [0.4, 0.5) is 4.39 Å². The fourth-order valence-corrected chi connectivity index (χ4v) is 5.60. The molecule has 1 aromatic heterocycles. The molecule has 1 aliphatic heterocycles.